The van der Waals surface area contributed by atoms with E-state index in [9.17, 15) is 4.79 Å². The maximum Gasteiger partial charge on any atom is 0.222 e. The second-order valence-electron chi connectivity index (χ2n) is 6.88. The van der Waals surface area contributed by atoms with Crippen LogP contribution in [0.4, 0.5) is 5.69 Å². The Morgan fingerprint density at radius 3 is 2.57 bits per heavy atom. The molecule has 0 unspecified atom stereocenters. The fourth-order valence-corrected chi connectivity index (χ4v) is 3.12. The van der Waals surface area contributed by atoms with Gasteiger partial charge >= 0.3 is 0 Å². The first-order valence-electron chi connectivity index (χ1n) is 8.00. The van der Waals surface area contributed by atoms with Crippen molar-refractivity contribution in [1.29, 1.82) is 0 Å². The molecular weight excluding hydrogens is 260 g/mol. The van der Waals surface area contributed by atoms with Crippen molar-refractivity contribution in [3.05, 3.63) is 29.8 Å². The van der Waals surface area contributed by atoms with E-state index in [1.807, 2.05) is 11.8 Å². The summed E-state index contributed by atoms with van der Waals surface area (Å²) in [4.78, 5) is 16.4. The number of nitrogens with zero attached hydrogens (tertiary/aromatic N) is 2. The zero-order chi connectivity index (χ0) is 15.6. The molecule has 3 nitrogen and oxygen atoms in total. The van der Waals surface area contributed by atoms with Gasteiger partial charge in [-0.2, -0.15) is 0 Å². The van der Waals surface area contributed by atoms with Crippen LogP contribution in [-0.2, 0) is 4.79 Å². The van der Waals surface area contributed by atoms with Crippen molar-refractivity contribution in [1.82, 2.24) is 4.90 Å². The Balaban J connectivity index is 2.21. The van der Waals surface area contributed by atoms with E-state index in [1.54, 1.807) is 0 Å². The lowest BCUT2D eigenvalue weighted by Gasteiger charge is -2.48. The van der Waals surface area contributed by atoms with Crippen molar-refractivity contribution >= 4 is 11.6 Å². The third-order valence-electron chi connectivity index (χ3n) is 4.41. The third kappa shape index (κ3) is 3.39. The van der Waals surface area contributed by atoms with Crippen molar-refractivity contribution in [3.8, 4) is 0 Å². The predicted octanol–water partition coefficient (Wildman–Crippen LogP) is 3.65. The first-order valence-corrected chi connectivity index (χ1v) is 8.00. The highest BCUT2D eigenvalue weighted by molar-refractivity contribution is 5.76. The summed E-state index contributed by atoms with van der Waals surface area (Å²) in [6, 6.07) is 8.82. The number of rotatable bonds is 3. The highest BCUT2D eigenvalue weighted by atomic mass is 16.2. The van der Waals surface area contributed by atoms with Gasteiger partial charge in [0.1, 0.15) is 0 Å². The summed E-state index contributed by atoms with van der Waals surface area (Å²) in [5.74, 6) is 0.801. The van der Waals surface area contributed by atoms with Gasteiger partial charge in [0.05, 0.1) is 5.54 Å². The van der Waals surface area contributed by atoms with E-state index < -0.39 is 0 Å². The minimum Gasteiger partial charge on any atom is -0.363 e. The first kappa shape index (κ1) is 15.9. The Labute approximate surface area is 128 Å². The van der Waals surface area contributed by atoms with Gasteiger partial charge in [0, 0.05) is 31.7 Å². The standard InChI is InChI=1S/C18H28N2O/c1-6-17(21)19-10-11-20(18(4,5)13-19)16-9-7-8-15(12-16)14(2)3/h7-9,12,14H,6,10-11,13H2,1-5H3. The van der Waals surface area contributed by atoms with Gasteiger partial charge in [-0.1, -0.05) is 32.9 Å². The van der Waals surface area contributed by atoms with Gasteiger partial charge < -0.3 is 9.80 Å². The number of hydrogen-bond donors (Lipinski definition) is 0. The maximum absolute atomic E-state index is 11.9. The molecule has 0 saturated carbocycles. The van der Waals surface area contributed by atoms with Crippen LogP contribution in [0.15, 0.2) is 24.3 Å². The first-order chi connectivity index (χ1) is 9.85. The zero-order valence-corrected chi connectivity index (χ0v) is 14.0. The van der Waals surface area contributed by atoms with Gasteiger partial charge in [0.2, 0.25) is 5.91 Å². The molecule has 1 aliphatic rings. The molecule has 1 aromatic carbocycles. The van der Waals surface area contributed by atoms with Crippen LogP contribution < -0.4 is 4.90 Å². The summed E-state index contributed by atoms with van der Waals surface area (Å²) in [7, 11) is 0. The van der Waals surface area contributed by atoms with Crippen molar-refractivity contribution < 1.29 is 4.79 Å². The van der Waals surface area contributed by atoms with Crippen LogP contribution in [0.25, 0.3) is 0 Å². The smallest absolute Gasteiger partial charge is 0.222 e. The third-order valence-corrected chi connectivity index (χ3v) is 4.41. The van der Waals surface area contributed by atoms with E-state index in [0.29, 0.717) is 12.3 Å². The summed E-state index contributed by atoms with van der Waals surface area (Å²) in [5, 5.41) is 0. The maximum atomic E-state index is 11.9. The number of piperazine rings is 1. The molecule has 3 heteroatoms. The summed E-state index contributed by atoms with van der Waals surface area (Å²) in [6.07, 6.45) is 0.596. The summed E-state index contributed by atoms with van der Waals surface area (Å²) >= 11 is 0. The van der Waals surface area contributed by atoms with E-state index in [2.05, 4.69) is 56.9 Å². The average molecular weight is 288 g/mol. The minimum atomic E-state index is -0.0291. The summed E-state index contributed by atoms with van der Waals surface area (Å²) in [6.45, 7) is 13.4. The molecule has 1 fully saturated rings. The fraction of sp³-hybridized carbons (Fsp3) is 0.611. The quantitative estimate of drug-likeness (QED) is 0.847. The number of hydrogen-bond acceptors (Lipinski definition) is 2. The normalized spacial score (nSPS) is 18.2. The van der Waals surface area contributed by atoms with Gasteiger partial charge in [-0.25, -0.2) is 0 Å². The molecule has 1 saturated heterocycles. The SMILES string of the molecule is CCC(=O)N1CCN(c2cccc(C(C)C)c2)C(C)(C)C1. The fourth-order valence-electron chi connectivity index (χ4n) is 3.12. The Bertz CT molecular complexity index is 508. The monoisotopic (exact) mass is 288 g/mol. The summed E-state index contributed by atoms with van der Waals surface area (Å²) in [5.41, 5.74) is 2.61. The molecule has 1 aliphatic heterocycles. The molecule has 21 heavy (non-hydrogen) atoms. The molecule has 1 heterocycles. The summed E-state index contributed by atoms with van der Waals surface area (Å²) < 4.78 is 0. The predicted molar refractivity (Wildman–Crippen MR) is 88.8 cm³/mol. The molecule has 1 aromatic rings. The van der Waals surface area contributed by atoms with Gasteiger partial charge in [0.25, 0.3) is 0 Å². The van der Waals surface area contributed by atoms with Crippen molar-refractivity contribution in [3.63, 3.8) is 0 Å². The van der Waals surface area contributed by atoms with Gasteiger partial charge in [0.15, 0.2) is 0 Å². The van der Waals surface area contributed by atoms with E-state index in [-0.39, 0.29) is 11.4 Å². The number of anilines is 1. The largest absolute Gasteiger partial charge is 0.363 e. The molecule has 116 valence electrons. The second kappa shape index (κ2) is 6.08. The van der Waals surface area contributed by atoms with Gasteiger partial charge in [-0.3, -0.25) is 4.79 Å². The van der Waals surface area contributed by atoms with Crippen molar-refractivity contribution in [2.24, 2.45) is 0 Å². The molecular formula is C18H28N2O. The Morgan fingerprint density at radius 1 is 1.29 bits per heavy atom. The topological polar surface area (TPSA) is 23.6 Å². The Kier molecular flexibility index (Phi) is 4.60. The van der Waals surface area contributed by atoms with Crippen molar-refractivity contribution in [2.75, 3.05) is 24.5 Å². The molecule has 0 N–H and O–H groups in total. The van der Waals surface area contributed by atoms with Crippen LogP contribution in [0, 0.1) is 0 Å². The number of carbonyl (C=O) groups is 1. The molecule has 0 spiro atoms. The molecule has 2 rings (SSSR count). The van der Waals surface area contributed by atoms with Crippen LogP contribution in [0.1, 0.15) is 52.5 Å². The Morgan fingerprint density at radius 2 is 2.00 bits per heavy atom. The van der Waals surface area contributed by atoms with Gasteiger partial charge in [-0.05, 0) is 37.5 Å². The highest BCUT2D eigenvalue weighted by Crippen LogP contribution is 2.30. The number of amides is 1. The van der Waals surface area contributed by atoms with Gasteiger partial charge in [-0.15, -0.1) is 0 Å². The van der Waals surface area contributed by atoms with Crippen LogP contribution >= 0.6 is 0 Å². The Hall–Kier alpha value is -1.51. The number of benzene rings is 1. The van der Waals surface area contributed by atoms with Crippen molar-refractivity contribution in [2.45, 2.75) is 52.5 Å². The lowest BCUT2D eigenvalue weighted by atomic mass is 9.95. The molecule has 0 aromatic heterocycles. The molecule has 0 radical (unpaired) electrons. The van der Waals surface area contributed by atoms with E-state index in [4.69, 9.17) is 0 Å². The highest BCUT2D eigenvalue weighted by Gasteiger charge is 2.35. The van der Waals surface area contributed by atoms with E-state index in [1.165, 1.54) is 11.3 Å². The molecule has 0 bridgehead atoms. The molecule has 1 amide bonds. The van der Waals surface area contributed by atoms with Crippen LogP contribution in [0.3, 0.4) is 0 Å². The second-order valence-corrected chi connectivity index (χ2v) is 6.88. The lowest BCUT2D eigenvalue weighted by Crippen LogP contribution is -2.60. The lowest BCUT2D eigenvalue weighted by molar-refractivity contribution is -0.132. The minimum absolute atomic E-state index is 0.0291. The molecule has 0 aliphatic carbocycles. The average Bonchev–Trinajstić information content (AvgIpc) is 2.45. The molecule has 0 atom stereocenters. The van der Waals surface area contributed by atoms with Crippen LogP contribution in [0.5, 0.6) is 0 Å². The van der Waals surface area contributed by atoms with E-state index in [0.717, 1.165) is 19.6 Å². The van der Waals surface area contributed by atoms with Crippen LogP contribution in [0.2, 0.25) is 0 Å². The van der Waals surface area contributed by atoms with E-state index >= 15 is 0 Å². The number of carbonyl (C=O) groups excluding carboxylic acids is 1. The van der Waals surface area contributed by atoms with Crippen LogP contribution in [-0.4, -0.2) is 36.0 Å². The zero-order valence-electron chi connectivity index (χ0n) is 14.0.